The fraction of sp³-hybridized carbons (Fsp3) is 0.889. The first-order valence-electron chi connectivity index (χ1n) is 4.46. The number of carboxylic acid groups (broad SMARTS) is 1. The maximum absolute atomic E-state index is 10.6. The number of rotatable bonds is 5. The zero-order valence-corrected chi connectivity index (χ0v) is 8.63. The second-order valence-corrected chi connectivity index (χ2v) is 4.56. The van der Waals surface area contributed by atoms with E-state index in [4.69, 9.17) is 16.6 Å². The van der Waals surface area contributed by atoms with Crippen molar-refractivity contribution in [2.24, 2.45) is 11.5 Å². The van der Waals surface area contributed by atoms with E-state index in [9.17, 15) is 4.79 Å². The topological polar surface area (TPSA) is 89.3 Å². The van der Waals surface area contributed by atoms with Gasteiger partial charge < -0.3 is 16.6 Å². The van der Waals surface area contributed by atoms with Crippen LogP contribution in [0.1, 0.15) is 40.0 Å². The number of carbonyl (C=O) groups is 1. The summed E-state index contributed by atoms with van der Waals surface area (Å²) in [6, 6.07) is 0. The summed E-state index contributed by atoms with van der Waals surface area (Å²) >= 11 is 0. The van der Waals surface area contributed by atoms with Crippen LogP contribution in [0.25, 0.3) is 0 Å². The summed E-state index contributed by atoms with van der Waals surface area (Å²) in [7, 11) is 0. The van der Waals surface area contributed by atoms with E-state index in [0.717, 1.165) is 12.8 Å². The largest absolute Gasteiger partial charge is 0.480 e. The fourth-order valence-corrected chi connectivity index (χ4v) is 1.02. The Morgan fingerprint density at radius 2 is 1.69 bits per heavy atom. The summed E-state index contributed by atoms with van der Waals surface area (Å²) in [5.41, 5.74) is 9.94. The van der Waals surface area contributed by atoms with Crippen molar-refractivity contribution in [2.45, 2.75) is 51.1 Å². The first-order valence-corrected chi connectivity index (χ1v) is 4.46. The summed E-state index contributed by atoms with van der Waals surface area (Å²) in [4.78, 5) is 10.6. The van der Waals surface area contributed by atoms with E-state index in [0.29, 0.717) is 6.42 Å². The van der Waals surface area contributed by atoms with E-state index in [1.165, 1.54) is 6.92 Å². The maximum atomic E-state index is 10.6. The number of hydrogen-bond donors (Lipinski definition) is 3. The monoisotopic (exact) mass is 188 g/mol. The van der Waals surface area contributed by atoms with Gasteiger partial charge in [0.15, 0.2) is 0 Å². The molecule has 0 aliphatic heterocycles. The molecule has 0 radical (unpaired) electrons. The van der Waals surface area contributed by atoms with E-state index in [-0.39, 0.29) is 5.54 Å². The van der Waals surface area contributed by atoms with Crippen LogP contribution in [0.4, 0.5) is 0 Å². The summed E-state index contributed by atoms with van der Waals surface area (Å²) in [5.74, 6) is -0.956. The maximum Gasteiger partial charge on any atom is 0.323 e. The van der Waals surface area contributed by atoms with E-state index in [1.54, 1.807) is 0 Å². The van der Waals surface area contributed by atoms with Gasteiger partial charge in [0.05, 0.1) is 0 Å². The summed E-state index contributed by atoms with van der Waals surface area (Å²) in [6.07, 6.45) is 1.98. The van der Waals surface area contributed by atoms with Crippen molar-refractivity contribution in [1.82, 2.24) is 0 Å². The van der Waals surface area contributed by atoms with Gasteiger partial charge in [-0.15, -0.1) is 0 Å². The van der Waals surface area contributed by atoms with Gasteiger partial charge in [-0.1, -0.05) is 0 Å². The third-order valence-corrected chi connectivity index (χ3v) is 2.01. The lowest BCUT2D eigenvalue weighted by Gasteiger charge is -2.22. The summed E-state index contributed by atoms with van der Waals surface area (Å²) < 4.78 is 0. The van der Waals surface area contributed by atoms with Gasteiger partial charge in [0, 0.05) is 5.54 Å². The summed E-state index contributed by atoms with van der Waals surface area (Å²) in [6.45, 7) is 5.36. The number of nitrogens with two attached hydrogens (primary N) is 2. The molecule has 0 amide bonds. The van der Waals surface area contributed by atoms with Gasteiger partial charge in [-0.3, -0.25) is 4.79 Å². The van der Waals surface area contributed by atoms with Gasteiger partial charge in [-0.05, 0) is 40.0 Å². The SMILES string of the molecule is CC(C)(N)CCCC(C)(N)C(=O)O. The van der Waals surface area contributed by atoms with Crippen LogP contribution in [0.15, 0.2) is 0 Å². The van der Waals surface area contributed by atoms with Crippen molar-refractivity contribution in [3.8, 4) is 0 Å². The number of hydrogen-bond acceptors (Lipinski definition) is 3. The minimum atomic E-state index is -1.12. The van der Waals surface area contributed by atoms with Gasteiger partial charge >= 0.3 is 5.97 Å². The van der Waals surface area contributed by atoms with E-state index in [2.05, 4.69) is 0 Å². The molecule has 0 rings (SSSR count). The van der Waals surface area contributed by atoms with Crippen molar-refractivity contribution in [2.75, 3.05) is 0 Å². The van der Waals surface area contributed by atoms with Crippen molar-refractivity contribution in [1.29, 1.82) is 0 Å². The fourth-order valence-electron chi connectivity index (χ4n) is 1.02. The first kappa shape index (κ1) is 12.4. The molecule has 0 aromatic rings. The van der Waals surface area contributed by atoms with Gasteiger partial charge in [0.25, 0.3) is 0 Å². The molecule has 0 saturated heterocycles. The van der Waals surface area contributed by atoms with Gasteiger partial charge in [-0.25, -0.2) is 0 Å². The zero-order valence-electron chi connectivity index (χ0n) is 8.63. The average molecular weight is 188 g/mol. The molecular weight excluding hydrogens is 168 g/mol. The highest BCUT2D eigenvalue weighted by molar-refractivity contribution is 5.77. The molecule has 0 fully saturated rings. The third-order valence-electron chi connectivity index (χ3n) is 2.01. The molecule has 13 heavy (non-hydrogen) atoms. The molecule has 0 aromatic carbocycles. The molecule has 4 nitrogen and oxygen atoms in total. The number of aliphatic carboxylic acids is 1. The van der Waals surface area contributed by atoms with Crippen LogP contribution in [0.2, 0.25) is 0 Å². The lowest BCUT2D eigenvalue weighted by atomic mass is 9.91. The van der Waals surface area contributed by atoms with Crippen LogP contribution in [0, 0.1) is 0 Å². The molecule has 0 aliphatic rings. The van der Waals surface area contributed by atoms with Crippen LogP contribution in [-0.4, -0.2) is 22.2 Å². The molecule has 0 aromatic heterocycles. The second kappa shape index (κ2) is 4.07. The smallest absolute Gasteiger partial charge is 0.323 e. The quantitative estimate of drug-likeness (QED) is 0.592. The van der Waals surface area contributed by atoms with Crippen molar-refractivity contribution in [3.63, 3.8) is 0 Å². The standard InChI is InChI=1S/C9H20N2O2/c1-8(2,10)5-4-6-9(3,11)7(12)13/h4-6,10-11H2,1-3H3,(H,12,13). The Morgan fingerprint density at radius 1 is 1.23 bits per heavy atom. The molecular formula is C9H20N2O2. The zero-order chi connectivity index (χ0) is 10.7. The second-order valence-electron chi connectivity index (χ2n) is 4.56. The Hall–Kier alpha value is -0.610. The van der Waals surface area contributed by atoms with Crippen LogP contribution in [-0.2, 0) is 4.79 Å². The minimum absolute atomic E-state index is 0.241. The molecule has 0 bridgehead atoms. The molecule has 4 heteroatoms. The van der Waals surface area contributed by atoms with Crippen LogP contribution >= 0.6 is 0 Å². The normalized spacial score (nSPS) is 16.7. The van der Waals surface area contributed by atoms with Gasteiger partial charge in [0.2, 0.25) is 0 Å². The molecule has 0 heterocycles. The predicted molar refractivity (Wildman–Crippen MR) is 52.3 cm³/mol. The van der Waals surface area contributed by atoms with Crippen molar-refractivity contribution in [3.05, 3.63) is 0 Å². The Labute approximate surface area is 79.3 Å². The Morgan fingerprint density at radius 3 is 2.00 bits per heavy atom. The molecule has 0 aliphatic carbocycles. The number of carboxylic acids is 1. The predicted octanol–water partition coefficient (Wildman–Crippen LogP) is 0.696. The molecule has 1 unspecified atom stereocenters. The Bertz CT molecular complexity index is 183. The van der Waals surface area contributed by atoms with Gasteiger partial charge in [0.1, 0.15) is 5.54 Å². The van der Waals surface area contributed by atoms with Crippen LogP contribution < -0.4 is 11.5 Å². The van der Waals surface area contributed by atoms with Crippen LogP contribution in [0.3, 0.4) is 0 Å². The third kappa shape index (κ3) is 5.60. The highest BCUT2D eigenvalue weighted by Crippen LogP contribution is 2.15. The average Bonchev–Trinajstić information content (AvgIpc) is 1.82. The van der Waals surface area contributed by atoms with Crippen molar-refractivity contribution >= 4 is 5.97 Å². The highest BCUT2D eigenvalue weighted by Gasteiger charge is 2.27. The minimum Gasteiger partial charge on any atom is -0.480 e. The van der Waals surface area contributed by atoms with E-state index in [1.807, 2.05) is 13.8 Å². The molecule has 0 spiro atoms. The lowest BCUT2D eigenvalue weighted by molar-refractivity contribution is -0.142. The molecule has 5 N–H and O–H groups in total. The summed E-state index contributed by atoms with van der Waals surface area (Å²) in [5, 5.41) is 8.71. The Balaban J connectivity index is 3.84. The molecule has 1 atom stereocenters. The molecule has 0 saturated carbocycles. The van der Waals surface area contributed by atoms with Crippen molar-refractivity contribution < 1.29 is 9.90 Å². The van der Waals surface area contributed by atoms with Crippen LogP contribution in [0.5, 0.6) is 0 Å². The highest BCUT2D eigenvalue weighted by atomic mass is 16.4. The van der Waals surface area contributed by atoms with E-state index >= 15 is 0 Å². The molecule has 78 valence electrons. The first-order chi connectivity index (χ1) is 5.65. The van der Waals surface area contributed by atoms with Gasteiger partial charge in [-0.2, -0.15) is 0 Å². The Kier molecular flexibility index (Phi) is 3.88. The lowest BCUT2D eigenvalue weighted by Crippen LogP contribution is -2.45. The van der Waals surface area contributed by atoms with E-state index < -0.39 is 11.5 Å².